The summed E-state index contributed by atoms with van der Waals surface area (Å²) in [5.74, 6) is 1.46. The SMILES string of the molecule is Cc1cc(N2CCOCC2)nc(CNC(=O)C2CCCO2)n1. The zero-order valence-corrected chi connectivity index (χ0v) is 12.9. The van der Waals surface area contributed by atoms with Gasteiger partial charge in [0.05, 0.1) is 19.8 Å². The van der Waals surface area contributed by atoms with Gasteiger partial charge in [-0.1, -0.05) is 0 Å². The second-order valence-corrected chi connectivity index (χ2v) is 5.60. The summed E-state index contributed by atoms with van der Waals surface area (Å²) in [7, 11) is 0. The number of carbonyl (C=O) groups excluding carboxylic acids is 1. The molecule has 1 amide bonds. The number of aromatic nitrogens is 2. The number of nitrogens with zero attached hydrogens (tertiary/aromatic N) is 3. The lowest BCUT2D eigenvalue weighted by molar-refractivity contribution is -0.130. The first-order valence-corrected chi connectivity index (χ1v) is 7.79. The van der Waals surface area contributed by atoms with Crippen molar-refractivity contribution >= 4 is 11.7 Å². The molecule has 3 rings (SSSR count). The summed E-state index contributed by atoms with van der Waals surface area (Å²) in [5.41, 5.74) is 0.901. The summed E-state index contributed by atoms with van der Waals surface area (Å²) >= 11 is 0. The molecule has 7 heteroatoms. The number of amides is 1. The monoisotopic (exact) mass is 306 g/mol. The Labute approximate surface area is 130 Å². The molecule has 2 aliphatic rings. The zero-order chi connectivity index (χ0) is 15.4. The minimum absolute atomic E-state index is 0.0736. The number of nitrogens with one attached hydrogen (secondary N) is 1. The maximum Gasteiger partial charge on any atom is 0.249 e. The molecular weight excluding hydrogens is 284 g/mol. The molecule has 22 heavy (non-hydrogen) atoms. The van der Waals surface area contributed by atoms with Crippen LogP contribution in [0.1, 0.15) is 24.4 Å². The summed E-state index contributed by atoms with van der Waals surface area (Å²) in [5, 5.41) is 2.87. The fourth-order valence-corrected chi connectivity index (χ4v) is 2.71. The lowest BCUT2D eigenvalue weighted by Crippen LogP contribution is -2.37. The molecule has 1 N–H and O–H groups in total. The Kier molecular flexibility index (Phi) is 4.84. The molecule has 1 aromatic heterocycles. The molecule has 120 valence electrons. The number of rotatable bonds is 4. The van der Waals surface area contributed by atoms with Crippen molar-refractivity contribution < 1.29 is 14.3 Å². The first kappa shape index (κ1) is 15.2. The predicted molar refractivity (Wildman–Crippen MR) is 80.6 cm³/mol. The van der Waals surface area contributed by atoms with Gasteiger partial charge in [-0.3, -0.25) is 4.79 Å². The Hall–Kier alpha value is -1.73. The van der Waals surface area contributed by atoms with Crippen LogP contribution in [0.15, 0.2) is 6.07 Å². The number of ether oxygens (including phenoxy) is 2. The van der Waals surface area contributed by atoms with Crippen LogP contribution in [-0.2, 0) is 20.8 Å². The van der Waals surface area contributed by atoms with Crippen LogP contribution in [0.2, 0.25) is 0 Å². The second kappa shape index (κ2) is 7.02. The quantitative estimate of drug-likeness (QED) is 0.868. The molecule has 3 heterocycles. The molecule has 2 aliphatic heterocycles. The van der Waals surface area contributed by atoms with E-state index in [1.165, 1.54) is 0 Å². The van der Waals surface area contributed by atoms with Gasteiger partial charge in [0.1, 0.15) is 17.7 Å². The van der Waals surface area contributed by atoms with Crippen molar-refractivity contribution in [1.29, 1.82) is 0 Å². The molecule has 7 nitrogen and oxygen atoms in total. The number of anilines is 1. The number of aryl methyl sites for hydroxylation is 1. The molecule has 1 aromatic rings. The van der Waals surface area contributed by atoms with Gasteiger partial charge in [-0.2, -0.15) is 0 Å². The number of hydrogen-bond acceptors (Lipinski definition) is 6. The molecule has 0 saturated carbocycles. The van der Waals surface area contributed by atoms with E-state index in [-0.39, 0.29) is 12.0 Å². The van der Waals surface area contributed by atoms with Crippen molar-refractivity contribution in [2.45, 2.75) is 32.4 Å². The van der Waals surface area contributed by atoms with Gasteiger partial charge in [0, 0.05) is 31.5 Å². The molecule has 2 fully saturated rings. The van der Waals surface area contributed by atoms with Crippen LogP contribution < -0.4 is 10.2 Å². The molecular formula is C15H22N4O3. The summed E-state index contributed by atoms with van der Waals surface area (Å²) in [6, 6.07) is 1.97. The van der Waals surface area contributed by atoms with Crippen LogP contribution in [0, 0.1) is 6.92 Å². The van der Waals surface area contributed by atoms with E-state index in [4.69, 9.17) is 9.47 Å². The Morgan fingerprint density at radius 2 is 2.18 bits per heavy atom. The maximum absolute atomic E-state index is 12.0. The smallest absolute Gasteiger partial charge is 0.249 e. The summed E-state index contributed by atoms with van der Waals surface area (Å²) in [6.07, 6.45) is 1.42. The van der Waals surface area contributed by atoms with Gasteiger partial charge in [0.15, 0.2) is 0 Å². The fourth-order valence-electron chi connectivity index (χ4n) is 2.71. The van der Waals surface area contributed by atoms with Crippen LogP contribution >= 0.6 is 0 Å². The molecule has 0 spiro atoms. The predicted octanol–water partition coefficient (Wildman–Crippen LogP) is 0.417. The van der Waals surface area contributed by atoms with Gasteiger partial charge in [0.2, 0.25) is 5.91 Å². The van der Waals surface area contributed by atoms with Crippen molar-refractivity contribution in [2.75, 3.05) is 37.8 Å². The van der Waals surface area contributed by atoms with E-state index >= 15 is 0 Å². The lowest BCUT2D eigenvalue weighted by atomic mass is 10.2. The van der Waals surface area contributed by atoms with E-state index in [9.17, 15) is 4.79 Å². The van der Waals surface area contributed by atoms with E-state index < -0.39 is 0 Å². The van der Waals surface area contributed by atoms with Crippen molar-refractivity contribution in [3.63, 3.8) is 0 Å². The highest BCUT2D eigenvalue weighted by Crippen LogP contribution is 2.15. The van der Waals surface area contributed by atoms with Crippen molar-refractivity contribution in [1.82, 2.24) is 15.3 Å². The molecule has 0 aliphatic carbocycles. The fraction of sp³-hybridized carbons (Fsp3) is 0.667. The zero-order valence-electron chi connectivity index (χ0n) is 12.9. The second-order valence-electron chi connectivity index (χ2n) is 5.60. The van der Waals surface area contributed by atoms with E-state index in [0.717, 1.165) is 37.4 Å². The first-order chi connectivity index (χ1) is 10.7. The topological polar surface area (TPSA) is 76.6 Å². The van der Waals surface area contributed by atoms with Crippen LogP contribution in [0.4, 0.5) is 5.82 Å². The van der Waals surface area contributed by atoms with Gasteiger partial charge < -0.3 is 19.7 Å². The maximum atomic E-state index is 12.0. The highest BCUT2D eigenvalue weighted by molar-refractivity contribution is 5.80. The van der Waals surface area contributed by atoms with Crippen molar-refractivity contribution in [3.05, 3.63) is 17.6 Å². The normalized spacial score (nSPS) is 21.9. The molecule has 1 atom stereocenters. The van der Waals surface area contributed by atoms with Crippen LogP contribution in [-0.4, -0.2) is 54.9 Å². The van der Waals surface area contributed by atoms with Crippen LogP contribution in [0.25, 0.3) is 0 Å². The van der Waals surface area contributed by atoms with E-state index in [2.05, 4.69) is 20.2 Å². The van der Waals surface area contributed by atoms with E-state index in [1.54, 1.807) is 0 Å². The van der Waals surface area contributed by atoms with Gasteiger partial charge in [-0.15, -0.1) is 0 Å². The van der Waals surface area contributed by atoms with Crippen LogP contribution in [0.3, 0.4) is 0 Å². The van der Waals surface area contributed by atoms with Gasteiger partial charge in [-0.05, 0) is 19.8 Å². The van der Waals surface area contributed by atoms with Gasteiger partial charge in [0.25, 0.3) is 0 Å². The Balaban J connectivity index is 1.62. The van der Waals surface area contributed by atoms with Gasteiger partial charge in [-0.25, -0.2) is 9.97 Å². The van der Waals surface area contributed by atoms with Gasteiger partial charge >= 0.3 is 0 Å². The number of carbonyl (C=O) groups is 1. The molecule has 0 aromatic carbocycles. The number of hydrogen-bond donors (Lipinski definition) is 1. The highest BCUT2D eigenvalue weighted by Gasteiger charge is 2.23. The minimum Gasteiger partial charge on any atom is -0.378 e. The van der Waals surface area contributed by atoms with Crippen LogP contribution in [0.5, 0.6) is 0 Å². The number of morpholine rings is 1. The van der Waals surface area contributed by atoms with Crippen molar-refractivity contribution in [3.8, 4) is 0 Å². The van der Waals surface area contributed by atoms with E-state index in [0.29, 0.717) is 32.2 Å². The molecule has 1 unspecified atom stereocenters. The van der Waals surface area contributed by atoms with E-state index in [1.807, 2.05) is 13.0 Å². The third kappa shape index (κ3) is 3.72. The Morgan fingerprint density at radius 3 is 2.91 bits per heavy atom. The van der Waals surface area contributed by atoms with Crippen molar-refractivity contribution in [2.24, 2.45) is 0 Å². The third-order valence-corrected chi connectivity index (χ3v) is 3.86. The average Bonchev–Trinajstić information content (AvgIpc) is 3.07. The Bertz CT molecular complexity index is 526. The lowest BCUT2D eigenvalue weighted by Gasteiger charge is -2.28. The standard InChI is InChI=1S/C15H22N4O3/c1-11-9-14(19-4-7-21-8-5-19)18-13(17-11)10-16-15(20)12-3-2-6-22-12/h9,12H,2-8,10H2,1H3,(H,16,20). The summed E-state index contributed by atoms with van der Waals surface area (Å²) in [6.45, 7) is 6.04. The average molecular weight is 306 g/mol. The first-order valence-electron chi connectivity index (χ1n) is 7.79. The molecule has 0 bridgehead atoms. The third-order valence-electron chi connectivity index (χ3n) is 3.86. The Morgan fingerprint density at radius 1 is 1.36 bits per heavy atom. The highest BCUT2D eigenvalue weighted by atomic mass is 16.5. The molecule has 0 radical (unpaired) electrons. The minimum atomic E-state index is -0.316. The summed E-state index contributed by atoms with van der Waals surface area (Å²) < 4.78 is 10.7. The summed E-state index contributed by atoms with van der Waals surface area (Å²) in [4.78, 5) is 23.1. The molecule has 2 saturated heterocycles. The largest absolute Gasteiger partial charge is 0.378 e.